The summed E-state index contributed by atoms with van der Waals surface area (Å²) < 4.78 is 0. The lowest BCUT2D eigenvalue weighted by Crippen LogP contribution is -2.00. The van der Waals surface area contributed by atoms with Crippen LogP contribution in [0, 0.1) is 0 Å². The van der Waals surface area contributed by atoms with Gasteiger partial charge in [0.25, 0.3) is 0 Å². The molecule has 1 aromatic heterocycles. The number of anilines is 1. The minimum Gasteiger partial charge on any atom is -0.506 e. The first kappa shape index (κ1) is 8.84. The molecule has 1 rings (SSSR count). The molecule has 0 aliphatic carbocycles. The zero-order chi connectivity index (χ0) is 8.81. The lowest BCUT2D eigenvalue weighted by atomic mass is 10.3. The summed E-state index contributed by atoms with van der Waals surface area (Å²) in [5.41, 5.74) is 0.878. The fraction of sp³-hybridized carbons (Fsp3) is 0.444. The first-order chi connectivity index (χ1) is 5.83. The Kier molecular flexibility index (Phi) is 3.38. The van der Waals surface area contributed by atoms with Crippen molar-refractivity contribution in [1.82, 2.24) is 4.98 Å². The molecular weight excluding hydrogens is 152 g/mol. The van der Waals surface area contributed by atoms with Crippen molar-refractivity contribution in [3.63, 3.8) is 0 Å². The van der Waals surface area contributed by atoms with Crippen LogP contribution in [-0.4, -0.2) is 16.6 Å². The van der Waals surface area contributed by atoms with Crippen molar-refractivity contribution in [2.24, 2.45) is 0 Å². The average Bonchev–Trinajstić information content (AvgIpc) is 2.05. The minimum absolute atomic E-state index is 0.205. The third kappa shape index (κ3) is 2.78. The first-order valence-corrected chi connectivity index (χ1v) is 4.21. The Labute approximate surface area is 72.5 Å². The van der Waals surface area contributed by atoms with E-state index in [9.17, 15) is 0 Å². The zero-order valence-electron chi connectivity index (χ0n) is 7.25. The van der Waals surface area contributed by atoms with E-state index in [-0.39, 0.29) is 5.75 Å². The molecule has 3 nitrogen and oxygen atoms in total. The number of rotatable bonds is 4. The molecule has 1 aromatic rings. The van der Waals surface area contributed by atoms with Gasteiger partial charge in [-0.3, -0.25) is 4.98 Å². The number of nitrogens with zero attached hydrogens (tertiary/aromatic N) is 1. The molecule has 12 heavy (non-hydrogen) atoms. The van der Waals surface area contributed by atoms with Gasteiger partial charge in [-0.1, -0.05) is 13.3 Å². The van der Waals surface area contributed by atoms with Gasteiger partial charge in [0.2, 0.25) is 0 Å². The fourth-order valence-corrected chi connectivity index (χ4v) is 0.934. The van der Waals surface area contributed by atoms with E-state index in [0.717, 1.165) is 18.7 Å². The Morgan fingerprint density at radius 2 is 2.33 bits per heavy atom. The van der Waals surface area contributed by atoms with Gasteiger partial charge in [0.05, 0.1) is 18.1 Å². The number of hydrogen-bond acceptors (Lipinski definition) is 3. The van der Waals surface area contributed by atoms with Gasteiger partial charge in [0, 0.05) is 12.6 Å². The molecule has 0 aliphatic heterocycles. The van der Waals surface area contributed by atoms with E-state index in [1.807, 2.05) is 0 Å². The maximum atomic E-state index is 9.07. The summed E-state index contributed by atoms with van der Waals surface area (Å²) in [6.07, 6.45) is 5.43. The predicted octanol–water partition coefficient (Wildman–Crippen LogP) is 2.00. The van der Waals surface area contributed by atoms with Crippen LogP contribution in [0.15, 0.2) is 18.5 Å². The lowest BCUT2D eigenvalue weighted by Gasteiger charge is -2.03. The second-order valence-corrected chi connectivity index (χ2v) is 2.71. The molecule has 0 unspecified atom stereocenters. The van der Waals surface area contributed by atoms with Crippen molar-refractivity contribution in [2.45, 2.75) is 19.8 Å². The molecule has 2 N–H and O–H groups in total. The number of unbranched alkanes of at least 4 members (excludes halogenated alkanes) is 1. The Morgan fingerprint density at radius 3 is 3.00 bits per heavy atom. The first-order valence-electron chi connectivity index (χ1n) is 4.21. The molecule has 3 heteroatoms. The minimum atomic E-state index is 0.205. The smallest absolute Gasteiger partial charge is 0.135 e. The van der Waals surface area contributed by atoms with Crippen molar-refractivity contribution < 1.29 is 5.11 Å². The molecule has 0 spiro atoms. The van der Waals surface area contributed by atoms with Gasteiger partial charge in [-0.05, 0) is 6.42 Å². The normalized spacial score (nSPS) is 9.75. The molecule has 0 bridgehead atoms. The maximum Gasteiger partial charge on any atom is 0.135 e. The molecular formula is C9H14N2O. The van der Waals surface area contributed by atoms with Gasteiger partial charge in [-0.2, -0.15) is 0 Å². The van der Waals surface area contributed by atoms with Crippen LogP contribution in [0.2, 0.25) is 0 Å². The third-order valence-corrected chi connectivity index (χ3v) is 1.58. The summed E-state index contributed by atoms with van der Waals surface area (Å²) in [6.45, 7) is 3.07. The summed E-state index contributed by atoms with van der Waals surface area (Å²) in [7, 11) is 0. The summed E-state index contributed by atoms with van der Waals surface area (Å²) in [5, 5.41) is 12.2. The Morgan fingerprint density at radius 1 is 1.50 bits per heavy atom. The molecule has 0 saturated carbocycles. The van der Waals surface area contributed by atoms with Crippen molar-refractivity contribution in [1.29, 1.82) is 0 Å². The second kappa shape index (κ2) is 4.59. The number of pyridine rings is 1. The molecule has 0 aliphatic rings. The highest BCUT2D eigenvalue weighted by molar-refractivity contribution is 5.44. The predicted molar refractivity (Wildman–Crippen MR) is 49.3 cm³/mol. The van der Waals surface area contributed by atoms with Crippen LogP contribution in [0.25, 0.3) is 0 Å². The molecule has 1 heterocycles. The quantitative estimate of drug-likeness (QED) is 0.672. The van der Waals surface area contributed by atoms with E-state index in [1.54, 1.807) is 12.3 Å². The van der Waals surface area contributed by atoms with Gasteiger partial charge in [-0.25, -0.2) is 0 Å². The molecule has 0 saturated heterocycles. The lowest BCUT2D eigenvalue weighted by molar-refractivity contribution is 0.473. The summed E-state index contributed by atoms with van der Waals surface area (Å²) in [6, 6.07) is 1.67. The van der Waals surface area contributed by atoms with Gasteiger partial charge in [0.15, 0.2) is 0 Å². The van der Waals surface area contributed by atoms with Crippen molar-refractivity contribution >= 4 is 5.69 Å². The van der Waals surface area contributed by atoms with Gasteiger partial charge in [0.1, 0.15) is 5.75 Å². The second-order valence-electron chi connectivity index (χ2n) is 2.71. The molecule has 66 valence electrons. The van der Waals surface area contributed by atoms with Gasteiger partial charge >= 0.3 is 0 Å². The van der Waals surface area contributed by atoms with Crippen LogP contribution < -0.4 is 5.32 Å². The van der Waals surface area contributed by atoms with E-state index in [1.165, 1.54) is 12.6 Å². The van der Waals surface area contributed by atoms with Crippen LogP contribution in [0.3, 0.4) is 0 Å². The molecule has 0 radical (unpaired) electrons. The van der Waals surface area contributed by atoms with Crippen molar-refractivity contribution in [3.05, 3.63) is 18.5 Å². The number of aromatic hydroxyl groups is 1. The monoisotopic (exact) mass is 166 g/mol. The molecule has 0 amide bonds. The average molecular weight is 166 g/mol. The molecule has 0 aromatic carbocycles. The van der Waals surface area contributed by atoms with Crippen molar-refractivity contribution in [3.8, 4) is 5.75 Å². The Balaban J connectivity index is 2.41. The van der Waals surface area contributed by atoms with Crippen LogP contribution in [0.4, 0.5) is 5.69 Å². The SMILES string of the molecule is CCCCNc1cncc(O)c1. The number of hydrogen-bond donors (Lipinski definition) is 2. The Bertz CT molecular complexity index is 238. The van der Waals surface area contributed by atoms with E-state index in [0.29, 0.717) is 0 Å². The van der Waals surface area contributed by atoms with Crippen molar-refractivity contribution in [2.75, 3.05) is 11.9 Å². The van der Waals surface area contributed by atoms with Crippen LogP contribution in [0.1, 0.15) is 19.8 Å². The van der Waals surface area contributed by atoms with Crippen LogP contribution >= 0.6 is 0 Å². The topological polar surface area (TPSA) is 45.2 Å². The highest BCUT2D eigenvalue weighted by Gasteiger charge is 1.92. The highest BCUT2D eigenvalue weighted by Crippen LogP contribution is 2.12. The standard InChI is InChI=1S/C9H14N2O/c1-2-3-4-11-8-5-9(12)7-10-6-8/h5-7,11-12H,2-4H2,1H3. The zero-order valence-corrected chi connectivity index (χ0v) is 7.25. The highest BCUT2D eigenvalue weighted by atomic mass is 16.3. The summed E-state index contributed by atoms with van der Waals surface area (Å²) in [5.74, 6) is 0.205. The Hall–Kier alpha value is -1.25. The van der Waals surface area contributed by atoms with Crippen LogP contribution in [0.5, 0.6) is 5.75 Å². The van der Waals surface area contributed by atoms with Gasteiger partial charge < -0.3 is 10.4 Å². The maximum absolute atomic E-state index is 9.07. The summed E-state index contributed by atoms with van der Waals surface area (Å²) in [4.78, 5) is 3.85. The number of aromatic nitrogens is 1. The number of nitrogens with one attached hydrogen (secondary N) is 1. The van der Waals surface area contributed by atoms with Gasteiger partial charge in [-0.15, -0.1) is 0 Å². The van der Waals surface area contributed by atoms with E-state index in [4.69, 9.17) is 5.11 Å². The van der Waals surface area contributed by atoms with E-state index in [2.05, 4.69) is 17.2 Å². The molecule has 0 atom stereocenters. The van der Waals surface area contributed by atoms with E-state index < -0.39 is 0 Å². The fourth-order valence-electron chi connectivity index (χ4n) is 0.934. The largest absolute Gasteiger partial charge is 0.506 e. The van der Waals surface area contributed by atoms with Crippen LogP contribution in [-0.2, 0) is 0 Å². The molecule has 0 fully saturated rings. The summed E-state index contributed by atoms with van der Waals surface area (Å²) >= 11 is 0. The third-order valence-electron chi connectivity index (χ3n) is 1.58. The van der Waals surface area contributed by atoms with E-state index >= 15 is 0 Å².